The third-order valence-electron chi connectivity index (χ3n) is 2.55. The van der Waals surface area contributed by atoms with Crippen molar-refractivity contribution in [2.24, 2.45) is 0 Å². The number of amides is 1. The Bertz CT molecular complexity index is 564. The Morgan fingerprint density at radius 1 is 1.35 bits per heavy atom. The number of anilines is 1. The minimum Gasteiger partial charge on any atom is -0.369 e. The van der Waals surface area contributed by atoms with Crippen LogP contribution >= 0.6 is 0 Å². The summed E-state index contributed by atoms with van der Waals surface area (Å²) in [6.07, 6.45) is 3.99. The topological polar surface area (TPSA) is 92.9 Å². The van der Waals surface area contributed by atoms with E-state index >= 15 is 0 Å². The van der Waals surface area contributed by atoms with Crippen LogP contribution in [0.3, 0.4) is 0 Å². The first-order valence-electron chi connectivity index (χ1n) is 6.45. The molecule has 0 aliphatic heterocycles. The van der Waals surface area contributed by atoms with Gasteiger partial charge in [0, 0.05) is 12.6 Å². The van der Waals surface area contributed by atoms with Gasteiger partial charge in [-0.05, 0) is 13.3 Å². The van der Waals surface area contributed by atoms with Gasteiger partial charge in [-0.2, -0.15) is 0 Å². The van der Waals surface area contributed by atoms with Gasteiger partial charge in [0.15, 0.2) is 0 Å². The summed E-state index contributed by atoms with van der Waals surface area (Å²) in [6, 6.07) is 1.77. The largest absolute Gasteiger partial charge is 0.369 e. The molecule has 2 aromatic heterocycles. The maximum absolute atomic E-state index is 11.9. The van der Waals surface area contributed by atoms with Crippen LogP contribution in [0.4, 0.5) is 5.82 Å². The van der Waals surface area contributed by atoms with E-state index in [0.717, 1.165) is 13.0 Å². The number of carbonyl (C=O) groups excluding carboxylic acids is 1. The highest BCUT2D eigenvalue weighted by atomic mass is 16.5. The third kappa shape index (κ3) is 3.78. The summed E-state index contributed by atoms with van der Waals surface area (Å²) in [5, 5.41) is 9.59. The highest BCUT2D eigenvalue weighted by Crippen LogP contribution is 2.03. The minimum absolute atomic E-state index is 0.271. The van der Waals surface area contributed by atoms with Crippen LogP contribution in [0.15, 0.2) is 23.0 Å². The maximum atomic E-state index is 11.9. The molecule has 2 heterocycles. The fourth-order valence-electron chi connectivity index (χ4n) is 1.55. The van der Waals surface area contributed by atoms with Crippen molar-refractivity contribution in [2.45, 2.75) is 26.8 Å². The van der Waals surface area contributed by atoms with Gasteiger partial charge in [-0.25, -0.2) is 9.97 Å². The average molecular weight is 275 g/mol. The normalized spacial score (nSPS) is 10.3. The monoisotopic (exact) mass is 275 g/mol. The van der Waals surface area contributed by atoms with Crippen molar-refractivity contribution in [1.29, 1.82) is 0 Å². The summed E-state index contributed by atoms with van der Waals surface area (Å²) in [6.45, 7) is 4.99. The second-order valence-electron chi connectivity index (χ2n) is 4.33. The molecular formula is C13H17N5O2. The van der Waals surface area contributed by atoms with Gasteiger partial charge in [0.1, 0.15) is 23.0 Å². The zero-order chi connectivity index (χ0) is 14.4. The van der Waals surface area contributed by atoms with Crippen LogP contribution in [0.25, 0.3) is 0 Å². The molecule has 7 nitrogen and oxygen atoms in total. The van der Waals surface area contributed by atoms with Crippen LogP contribution in [0.5, 0.6) is 0 Å². The number of hydrogen-bond acceptors (Lipinski definition) is 6. The predicted molar refractivity (Wildman–Crippen MR) is 73.2 cm³/mol. The van der Waals surface area contributed by atoms with Crippen LogP contribution in [0.2, 0.25) is 0 Å². The summed E-state index contributed by atoms with van der Waals surface area (Å²) in [4.78, 5) is 20.1. The molecule has 0 spiro atoms. The van der Waals surface area contributed by atoms with E-state index in [1.807, 2.05) is 0 Å². The van der Waals surface area contributed by atoms with Crippen molar-refractivity contribution in [1.82, 2.24) is 20.4 Å². The van der Waals surface area contributed by atoms with Gasteiger partial charge in [0.25, 0.3) is 5.91 Å². The Balaban J connectivity index is 1.88. The molecule has 2 aromatic rings. The second kappa shape index (κ2) is 6.65. The Morgan fingerprint density at radius 3 is 2.80 bits per heavy atom. The lowest BCUT2D eigenvalue weighted by Crippen LogP contribution is -2.24. The average Bonchev–Trinajstić information content (AvgIpc) is 2.89. The van der Waals surface area contributed by atoms with Crippen molar-refractivity contribution in [3.63, 3.8) is 0 Å². The van der Waals surface area contributed by atoms with Gasteiger partial charge < -0.3 is 15.2 Å². The number of aromatic nitrogens is 3. The first-order valence-corrected chi connectivity index (χ1v) is 6.45. The Kier molecular flexibility index (Phi) is 4.65. The van der Waals surface area contributed by atoms with Gasteiger partial charge in [0.05, 0.1) is 18.9 Å². The van der Waals surface area contributed by atoms with Gasteiger partial charge in [0.2, 0.25) is 0 Å². The van der Waals surface area contributed by atoms with E-state index in [9.17, 15) is 4.79 Å². The summed E-state index contributed by atoms with van der Waals surface area (Å²) in [5.74, 6) is 1.08. The van der Waals surface area contributed by atoms with Gasteiger partial charge in [-0.1, -0.05) is 12.1 Å². The van der Waals surface area contributed by atoms with E-state index in [-0.39, 0.29) is 11.6 Å². The highest BCUT2D eigenvalue weighted by molar-refractivity contribution is 5.91. The van der Waals surface area contributed by atoms with Crippen molar-refractivity contribution >= 4 is 11.7 Å². The van der Waals surface area contributed by atoms with Gasteiger partial charge in [-0.15, -0.1) is 0 Å². The standard InChI is InChI=1S/C13H17N5O2/c1-3-4-14-12-8-15-11(7-16-12)13(19)17-6-10-5-9(2)20-18-10/h5,7-8H,3-4,6H2,1-2H3,(H,14,16)(H,17,19). The van der Waals surface area contributed by atoms with Crippen LogP contribution in [-0.2, 0) is 6.54 Å². The predicted octanol–water partition coefficient (Wildman–Crippen LogP) is 1.52. The number of rotatable bonds is 6. The van der Waals surface area contributed by atoms with Crippen LogP contribution < -0.4 is 10.6 Å². The van der Waals surface area contributed by atoms with E-state index < -0.39 is 0 Å². The SMILES string of the molecule is CCCNc1cnc(C(=O)NCc2cc(C)on2)cn1. The molecule has 0 aliphatic rings. The molecule has 106 valence electrons. The molecule has 0 unspecified atom stereocenters. The molecule has 0 atom stereocenters. The zero-order valence-corrected chi connectivity index (χ0v) is 11.5. The Hall–Kier alpha value is -2.44. The lowest BCUT2D eigenvalue weighted by atomic mass is 10.3. The quantitative estimate of drug-likeness (QED) is 0.830. The number of carbonyl (C=O) groups is 1. The molecule has 20 heavy (non-hydrogen) atoms. The lowest BCUT2D eigenvalue weighted by Gasteiger charge is -2.04. The van der Waals surface area contributed by atoms with Crippen molar-refractivity contribution < 1.29 is 9.32 Å². The summed E-state index contributed by atoms with van der Waals surface area (Å²) in [7, 11) is 0. The maximum Gasteiger partial charge on any atom is 0.271 e. The Morgan fingerprint density at radius 2 is 2.20 bits per heavy atom. The highest BCUT2D eigenvalue weighted by Gasteiger charge is 2.09. The number of nitrogens with zero attached hydrogens (tertiary/aromatic N) is 3. The molecule has 2 N–H and O–H groups in total. The van der Waals surface area contributed by atoms with Crippen LogP contribution in [0.1, 0.15) is 35.3 Å². The first-order chi connectivity index (χ1) is 9.69. The van der Waals surface area contributed by atoms with E-state index in [4.69, 9.17) is 4.52 Å². The first kappa shape index (κ1) is 14.0. The van der Waals surface area contributed by atoms with Crippen molar-refractivity contribution in [2.75, 3.05) is 11.9 Å². The fraction of sp³-hybridized carbons (Fsp3) is 0.385. The molecule has 7 heteroatoms. The van der Waals surface area contributed by atoms with Crippen molar-refractivity contribution in [3.05, 3.63) is 35.6 Å². The number of nitrogens with one attached hydrogen (secondary N) is 2. The van der Waals surface area contributed by atoms with E-state index in [0.29, 0.717) is 23.8 Å². The molecule has 0 aliphatic carbocycles. The van der Waals surface area contributed by atoms with Crippen molar-refractivity contribution in [3.8, 4) is 0 Å². The summed E-state index contributed by atoms with van der Waals surface area (Å²) in [5.41, 5.74) is 0.942. The van der Waals surface area contributed by atoms with Gasteiger partial charge >= 0.3 is 0 Å². The Labute approximate surface area is 116 Å². The van der Waals surface area contributed by atoms with Crippen LogP contribution in [0, 0.1) is 6.92 Å². The molecule has 1 amide bonds. The van der Waals surface area contributed by atoms with E-state index in [1.165, 1.54) is 6.20 Å². The fourth-order valence-corrected chi connectivity index (χ4v) is 1.55. The number of aryl methyl sites for hydroxylation is 1. The molecule has 0 aromatic carbocycles. The van der Waals surface area contributed by atoms with E-state index in [2.05, 4.69) is 32.7 Å². The molecule has 0 saturated heterocycles. The molecule has 2 rings (SSSR count). The summed E-state index contributed by atoms with van der Waals surface area (Å²) < 4.78 is 4.92. The summed E-state index contributed by atoms with van der Waals surface area (Å²) >= 11 is 0. The molecule has 0 radical (unpaired) electrons. The van der Waals surface area contributed by atoms with Gasteiger partial charge in [-0.3, -0.25) is 4.79 Å². The zero-order valence-electron chi connectivity index (χ0n) is 11.5. The minimum atomic E-state index is -0.291. The lowest BCUT2D eigenvalue weighted by molar-refractivity contribution is 0.0944. The third-order valence-corrected chi connectivity index (χ3v) is 2.55. The molecule has 0 saturated carbocycles. The second-order valence-corrected chi connectivity index (χ2v) is 4.33. The molecular weight excluding hydrogens is 258 g/mol. The molecule has 0 bridgehead atoms. The molecule has 0 fully saturated rings. The smallest absolute Gasteiger partial charge is 0.271 e. The number of hydrogen-bond donors (Lipinski definition) is 2. The van der Waals surface area contributed by atoms with E-state index in [1.54, 1.807) is 19.2 Å². The van der Waals surface area contributed by atoms with Crippen LogP contribution in [-0.4, -0.2) is 27.6 Å².